The lowest BCUT2D eigenvalue weighted by molar-refractivity contribution is 0.0286. The van der Waals surface area contributed by atoms with E-state index in [1.165, 1.54) is 19.3 Å². The highest BCUT2D eigenvalue weighted by molar-refractivity contribution is 5.87. The average molecular weight is 195 g/mol. The van der Waals surface area contributed by atoms with Gasteiger partial charge in [0.25, 0.3) is 0 Å². The Morgan fingerprint density at radius 1 is 1.29 bits per heavy atom. The van der Waals surface area contributed by atoms with Gasteiger partial charge in [0.1, 0.15) is 0 Å². The topological polar surface area (TPSA) is 32.6 Å². The molecule has 2 nitrogen and oxygen atoms in total. The molecule has 1 N–H and O–H groups in total. The van der Waals surface area contributed by atoms with Gasteiger partial charge in [-0.2, -0.15) is 0 Å². The molecule has 2 saturated carbocycles. The van der Waals surface area contributed by atoms with Crippen LogP contribution in [0, 0.1) is 16.7 Å². The monoisotopic (exact) mass is 195 g/mol. The molecule has 0 spiro atoms. The fraction of sp³-hybridized carbons (Fsp3) is 0.917. The summed E-state index contributed by atoms with van der Waals surface area (Å²) in [5, 5.41) is 12.3. The molecule has 0 aromatic rings. The van der Waals surface area contributed by atoms with E-state index >= 15 is 0 Å². The molecule has 0 radical (unpaired) electrons. The summed E-state index contributed by atoms with van der Waals surface area (Å²) in [6.45, 7) is 7.11. The van der Waals surface area contributed by atoms with Crippen LogP contribution in [0.15, 0.2) is 5.16 Å². The smallest absolute Gasteiger partial charge is 0.0579 e. The van der Waals surface area contributed by atoms with Crippen molar-refractivity contribution in [2.75, 3.05) is 0 Å². The first kappa shape index (κ1) is 10.0. The van der Waals surface area contributed by atoms with E-state index in [1.54, 1.807) is 0 Å². The maximum atomic E-state index is 8.89. The minimum absolute atomic E-state index is 0.406. The molecule has 0 heterocycles. The van der Waals surface area contributed by atoms with E-state index in [2.05, 4.69) is 25.9 Å². The Labute approximate surface area is 86.4 Å². The van der Waals surface area contributed by atoms with Gasteiger partial charge in [0.05, 0.1) is 5.71 Å². The Bertz CT molecular complexity index is 269. The van der Waals surface area contributed by atoms with E-state index in [1.807, 2.05) is 0 Å². The number of fused-ring (bicyclic) bond motifs is 1. The Hall–Kier alpha value is -0.530. The zero-order valence-corrected chi connectivity index (χ0v) is 9.51. The van der Waals surface area contributed by atoms with E-state index in [9.17, 15) is 0 Å². The van der Waals surface area contributed by atoms with Crippen LogP contribution in [-0.4, -0.2) is 10.9 Å². The van der Waals surface area contributed by atoms with Crippen LogP contribution in [0.2, 0.25) is 0 Å². The van der Waals surface area contributed by atoms with E-state index < -0.39 is 0 Å². The Morgan fingerprint density at radius 2 is 2.00 bits per heavy atom. The number of hydrogen-bond donors (Lipinski definition) is 1. The van der Waals surface area contributed by atoms with Crippen LogP contribution >= 0.6 is 0 Å². The fourth-order valence-corrected chi connectivity index (χ4v) is 3.82. The van der Waals surface area contributed by atoms with Gasteiger partial charge < -0.3 is 5.21 Å². The van der Waals surface area contributed by atoms with Crippen LogP contribution in [0.3, 0.4) is 0 Å². The van der Waals surface area contributed by atoms with Crippen molar-refractivity contribution in [3.63, 3.8) is 0 Å². The van der Waals surface area contributed by atoms with Crippen LogP contribution in [0.25, 0.3) is 0 Å². The summed E-state index contributed by atoms with van der Waals surface area (Å²) in [4.78, 5) is 0. The van der Waals surface area contributed by atoms with Crippen molar-refractivity contribution in [1.82, 2.24) is 0 Å². The van der Waals surface area contributed by atoms with Crippen LogP contribution in [0.5, 0.6) is 0 Å². The van der Waals surface area contributed by atoms with Gasteiger partial charge in [-0.1, -0.05) is 32.3 Å². The lowest BCUT2D eigenvalue weighted by atomic mass is 9.58. The molecule has 2 aliphatic carbocycles. The minimum Gasteiger partial charge on any atom is -0.411 e. The predicted molar refractivity (Wildman–Crippen MR) is 57.7 cm³/mol. The third-order valence-corrected chi connectivity index (χ3v) is 4.54. The summed E-state index contributed by atoms with van der Waals surface area (Å²) in [6, 6.07) is 0. The summed E-state index contributed by atoms with van der Waals surface area (Å²) < 4.78 is 0. The quantitative estimate of drug-likeness (QED) is 0.466. The summed E-state index contributed by atoms with van der Waals surface area (Å²) in [6.07, 6.45) is 5.99. The van der Waals surface area contributed by atoms with Crippen molar-refractivity contribution in [2.45, 2.75) is 52.9 Å². The van der Waals surface area contributed by atoms with Crippen LogP contribution in [0.4, 0.5) is 0 Å². The van der Waals surface area contributed by atoms with Gasteiger partial charge >= 0.3 is 0 Å². The van der Waals surface area contributed by atoms with Gasteiger partial charge in [-0.25, -0.2) is 0 Å². The van der Waals surface area contributed by atoms with E-state index in [4.69, 9.17) is 5.21 Å². The predicted octanol–water partition coefficient (Wildman–Crippen LogP) is 3.44. The van der Waals surface area contributed by atoms with Gasteiger partial charge in [0.15, 0.2) is 0 Å². The Morgan fingerprint density at radius 3 is 2.57 bits per heavy atom. The molecule has 0 bridgehead atoms. The second-order valence-corrected chi connectivity index (χ2v) is 6.10. The fourth-order valence-electron chi connectivity index (χ4n) is 3.82. The number of oxime groups is 1. The highest BCUT2D eigenvalue weighted by atomic mass is 16.4. The van der Waals surface area contributed by atoms with Crippen LogP contribution in [0.1, 0.15) is 52.9 Å². The molecule has 2 fully saturated rings. The molecule has 80 valence electrons. The molecule has 2 aliphatic rings. The zero-order valence-electron chi connectivity index (χ0n) is 9.51. The summed E-state index contributed by atoms with van der Waals surface area (Å²) >= 11 is 0. The van der Waals surface area contributed by atoms with Gasteiger partial charge in [0, 0.05) is 0 Å². The normalized spacial score (nSPS) is 43.9. The van der Waals surface area contributed by atoms with Gasteiger partial charge in [-0.05, 0) is 42.4 Å². The Balaban J connectivity index is 2.29. The molecule has 0 unspecified atom stereocenters. The van der Waals surface area contributed by atoms with Crippen LogP contribution < -0.4 is 0 Å². The van der Waals surface area contributed by atoms with E-state index in [0.717, 1.165) is 24.5 Å². The molecule has 2 heteroatoms. The van der Waals surface area contributed by atoms with Gasteiger partial charge in [0.2, 0.25) is 0 Å². The van der Waals surface area contributed by atoms with Crippen LogP contribution in [-0.2, 0) is 0 Å². The number of rotatable bonds is 0. The summed E-state index contributed by atoms with van der Waals surface area (Å²) in [7, 11) is 0. The molecular formula is C12H21NO. The molecular weight excluding hydrogens is 174 g/mol. The van der Waals surface area contributed by atoms with Crippen molar-refractivity contribution < 1.29 is 5.21 Å². The highest BCUT2D eigenvalue weighted by Gasteiger charge is 2.51. The van der Waals surface area contributed by atoms with Crippen molar-refractivity contribution >= 4 is 5.71 Å². The summed E-state index contributed by atoms with van der Waals surface area (Å²) in [5.74, 6) is 0.717. The third kappa shape index (κ3) is 1.35. The highest BCUT2D eigenvalue weighted by Crippen LogP contribution is 2.58. The standard InChI is InChI=1S/C12H21NO/c1-11(2)5-4-6-12(3)8-9(13-14)7-10(11)12/h10,14H,4-8H2,1-3H3/t10-,12-/m0/s1. The van der Waals surface area contributed by atoms with Gasteiger partial charge in [-0.15, -0.1) is 0 Å². The first-order valence-corrected chi connectivity index (χ1v) is 5.68. The van der Waals surface area contributed by atoms with Crippen molar-refractivity contribution in [3.05, 3.63) is 0 Å². The number of nitrogens with zero attached hydrogens (tertiary/aromatic N) is 1. The maximum Gasteiger partial charge on any atom is 0.0579 e. The molecule has 14 heavy (non-hydrogen) atoms. The molecule has 0 saturated heterocycles. The largest absolute Gasteiger partial charge is 0.411 e. The van der Waals surface area contributed by atoms with E-state index in [-0.39, 0.29) is 0 Å². The number of hydrogen-bond acceptors (Lipinski definition) is 2. The molecule has 0 aromatic heterocycles. The molecule has 2 atom stereocenters. The second-order valence-electron chi connectivity index (χ2n) is 6.10. The maximum absolute atomic E-state index is 8.89. The first-order chi connectivity index (χ1) is 6.48. The minimum atomic E-state index is 0.406. The molecule has 0 amide bonds. The van der Waals surface area contributed by atoms with Crippen molar-refractivity contribution in [1.29, 1.82) is 0 Å². The molecule has 0 aromatic carbocycles. The Kier molecular flexibility index (Phi) is 2.13. The summed E-state index contributed by atoms with van der Waals surface area (Å²) in [5.41, 5.74) is 1.86. The third-order valence-electron chi connectivity index (χ3n) is 4.54. The lowest BCUT2D eigenvalue weighted by Gasteiger charge is -2.46. The second kappa shape index (κ2) is 2.98. The van der Waals surface area contributed by atoms with E-state index in [0.29, 0.717) is 10.8 Å². The first-order valence-electron chi connectivity index (χ1n) is 5.68. The average Bonchev–Trinajstić information content (AvgIpc) is 2.43. The zero-order chi connectivity index (χ0) is 10.4. The van der Waals surface area contributed by atoms with Crippen molar-refractivity contribution in [3.8, 4) is 0 Å². The molecule has 2 rings (SSSR count). The SMILES string of the molecule is CC1(C)CCC[C@@]2(C)CC(=NO)C[C@@H]12. The van der Waals surface area contributed by atoms with Gasteiger partial charge in [-0.3, -0.25) is 0 Å². The molecule has 0 aliphatic heterocycles. The van der Waals surface area contributed by atoms with Crippen molar-refractivity contribution in [2.24, 2.45) is 21.9 Å². The lowest BCUT2D eigenvalue weighted by Crippen LogP contribution is -2.38.